The van der Waals surface area contributed by atoms with Crippen LogP contribution in [-0.2, 0) is 6.54 Å². The molecule has 0 radical (unpaired) electrons. The minimum atomic E-state index is -0.404. The molecule has 1 amide bonds. The van der Waals surface area contributed by atoms with Gasteiger partial charge in [0.15, 0.2) is 0 Å². The Morgan fingerprint density at radius 2 is 2.05 bits per heavy atom. The molecule has 0 unspecified atom stereocenters. The highest BCUT2D eigenvalue weighted by molar-refractivity contribution is 6.35. The number of nitrogens with zero attached hydrogens (tertiary/aromatic N) is 1. The molecule has 4 heteroatoms. The van der Waals surface area contributed by atoms with E-state index in [4.69, 9.17) is 17.3 Å². The van der Waals surface area contributed by atoms with Crippen molar-refractivity contribution in [3.05, 3.63) is 70.4 Å². The summed E-state index contributed by atoms with van der Waals surface area (Å²) in [6.07, 6.45) is 2.03. The van der Waals surface area contributed by atoms with Crippen LogP contribution in [0, 0.1) is 6.92 Å². The Bertz CT molecular complexity index is 836. The monoisotopic (exact) mass is 298 g/mol. The first kappa shape index (κ1) is 13.7. The number of carbonyl (C=O) groups is 1. The van der Waals surface area contributed by atoms with Gasteiger partial charge in [0.25, 0.3) is 0 Å². The number of nitrogens with two attached hydrogens (primary N) is 1. The molecule has 3 rings (SSSR count). The molecule has 0 spiro atoms. The third-order valence-corrected chi connectivity index (χ3v) is 4.01. The summed E-state index contributed by atoms with van der Waals surface area (Å²) in [6.45, 7) is 2.69. The molecule has 0 fully saturated rings. The maximum absolute atomic E-state index is 11.2. The zero-order valence-corrected chi connectivity index (χ0v) is 12.4. The van der Waals surface area contributed by atoms with Crippen LogP contribution in [0.2, 0.25) is 5.02 Å². The fraction of sp³-hybridized carbons (Fsp3) is 0.118. The molecule has 2 aromatic carbocycles. The van der Waals surface area contributed by atoms with Gasteiger partial charge in [0.1, 0.15) is 0 Å². The lowest BCUT2D eigenvalue weighted by Gasteiger charge is -2.10. The number of aryl methyl sites for hydroxylation is 1. The Kier molecular flexibility index (Phi) is 3.43. The van der Waals surface area contributed by atoms with Gasteiger partial charge in [-0.1, -0.05) is 29.8 Å². The Hall–Kier alpha value is -2.26. The second-order valence-corrected chi connectivity index (χ2v) is 5.53. The van der Waals surface area contributed by atoms with Gasteiger partial charge in [-0.25, -0.2) is 0 Å². The molecule has 0 aliphatic rings. The van der Waals surface area contributed by atoms with Crippen molar-refractivity contribution in [1.82, 2.24) is 4.57 Å². The topological polar surface area (TPSA) is 48.0 Å². The quantitative estimate of drug-likeness (QED) is 0.786. The van der Waals surface area contributed by atoms with E-state index >= 15 is 0 Å². The summed E-state index contributed by atoms with van der Waals surface area (Å²) in [5.74, 6) is -0.404. The van der Waals surface area contributed by atoms with E-state index in [-0.39, 0.29) is 0 Å². The van der Waals surface area contributed by atoms with Gasteiger partial charge < -0.3 is 10.3 Å². The second-order valence-electron chi connectivity index (χ2n) is 5.13. The first-order valence-electron chi connectivity index (χ1n) is 6.69. The average Bonchev–Trinajstić information content (AvgIpc) is 2.85. The third-order valence-electron chi connectivity index (χ3n) is 3.71. The molecule has 0 aliphatic heterocycles. The molecule has 0 saturated heterocycles. The zero-order chi connectivity index (χ0) is 15.0. The summed E-state index contributed by atoms with van der Waals surface area (Å²) >= 11 is 6.29. The van der Waals surface area contributed by atoms with E-state index in [1.807, 2.05) is 49.5 Å². The molecule has 1 heterocycles. The Morgan fingerprint density at radius 3 is 2.76 bits per heavy atom. The molecule has 3 aromatic rings. The van der Waals surface area contributed by atoms with E-state index in [1.54, 1.807) is 6.07 Å². The summed E-state index contributed by atoms with van der Waals surface area (Å²) in [5.41, 5.74) is 9.04. The van der Waals surface area contributed by atoms with E-state index in [0.717, 1.165) is 27.1 Å². The first-order chi connectivity index (χ1) is 10.1. The highest BCUT2D eigenvalue weighted by Gasteiger charge is 2.08. The van der Waals surface area contributed by atoms with Gasteiger partial charge in [-0.2, -0.15) is 0 Å². The van der Waals surface area contributed by atoms with Crippen molar-refractivity contribution in [3.8, 4) is 0 Å². The number of primary amides is 1. The van der Waals surface area contributed by atoms with Gasteiger partial charge in [-0.3, -0.25) is 4.79 Å². The fourth-order valence-electron chi connectivity index (χ4n) is 2.56. The summed E-state index contributed by atoms with van der Waals surface area (Å²) in [7, 11) is 0. The van der Waals surface area contributed by atoms with Crippen molar-refractivity contribution >= 4 is 28.4 Å². The van der Waals surface area contributed by atoms with Crippen LogP contribution in [-0.4, -0.2) is 10.5 Å². The number of rotatable bonds is 3. The Morgan fingerprint density at radius 1 is 1.24 bits per heavy atom. The van der Waals surface area contributed by atoms with E-state index in [0.29, 0.717) is 12.1 Å². The molecular formula is C17H15ClN2O. The fourth-order valence-corrected chi connectivity index (χ4v) is 2.85. The SMILES string of the molecule is Cc1cc(C(N)=O)ccc1Cn1ccc2cccc(Cl)c21. The average molecular weight is 299 g/mol. The van der Waals surface area contributed by atoms with Gasteiger partial charge in [-0.15, -0.1) is 0 Å². The van der Waals surface area contributed by atoms with Crippen LogP contribution in [0.4, 0.5) is 0 Å². The van der Waals surface area contributed by atoms with Crippen molar-refractivity contribution in [2.24, 2.45) is 5.73 Å². The van der Waals surface area contributed by atoms with Gasteiger partial charge in [-0.05, 0) is 42.3 Å². The smallest absolute Gasteiger partial charge is 0.248 e. The van der Waals surface area contributed by atoms with E-state index in [9.17, 15) is 4.79 Å². The third kappa shape index (κ3) is 2.52. The molecular weight excluding hydrogens is 284 g/mol. The van der Waals surface area contributed by atoms with Gasteiger partial charge in [0.05, 0.1) is 10.5 Å². The molecule has 0 aliphatic carbocycles. The number of halogens is 1. The molecule has 0 bridgehead atoms. The molecule has 0 atom stereocenters. The van der Waals surface area contributed by atoms with Crippen molar-refractivity contribution in [3.63, 3.8) is 0 Å². The van der Waals surface area contributed by atoms with Crippen molar-refractivity contribution in [1.29, 1.82) is 0 Å². The Balaban J connectivity index is 2.01. The highest BCUT2D eigenvalue weighted by Crippen LogP contribution is 2.25. The van der Waals surface area contributed by atoms with Crippen LogP contribution in [0.1, 0.15) is 21.5 Å². The normalized spacial score (nSPS) is 11.0. The van der Waals surface area contributed by atoms with Gasteiger partial charge in [0, 0.05) is 23.7 Å². The lowest BCUT2D eigenvalue weighted by molar-refractivity contribution is 0.1000. The Labute approximate surface area is 127 Å². The largest absolute Gasteiger partial charge is 0.366 e. The summed E-state index contributed by atoms with van der Waals surface area (Å²) in [5, 5.41) is 1.86. The highest BCUT2D eigenvalue weighted by atomic mass is 35.5. The maximum atomic E-state index is 11.2. The molecule has 2 N–H and O–H groups in total. The lowest BCUT2D eigenvalue weighted by atomic mass is 10.0. The van der Waals surface area contributed by atoms with Crippen LogP contribution >= 0.6 is 11.6 Å². The minimum Gasteiger partial charge on any atom is -0.366 e. The molecule has 0 saturated carbocycles. The number of hydrogen-bond donors (Lipinski definition) is 1. The van der Waals surface area contributed by atoms with Crippen LogP contribution in [0.15, 0.2) is 48.7 Å². The minimum absolute atomic E-state index is 0.404. The standard InChI is InChI=1S/C17H15ClN2O/c1-11-9-13(17(19)21)5-6-14(11)10-20-8-7-12-3-2-4-15(18)16(12)20/h2-9H,10H2,1H3,(H2,19,21). The number of benzene rings is 2. The molecule has 106 valence electrons. The number of hydrogen-bond acceptors (Lipinski definition) is 1. The summed E-state index contributed by atoms with van der Waals surface area (Å²) in [6, 6.07) is 13.5. The van der Waals surface area contributed by atoms with Crippen molar-refractivity contribution in [2.45, 2.75) is 13.5 Å². The van der Waals surface area contributed by atoms with Gasteiger partial charge in [0.2, 0.25) is 5.91 Å². The van der Waals surface area contributed by atoms with E-state index in [1.165, 1.54) is 0 Å². The number of aromatic nitrogens is 1. The van der Waals surface area contributed by atoms with Crippen molar-refractivity contribution in [2.75, 3.05) is 0 Å². The lowest BCUT2D eigenvalue weighted by Crippen LogP contribution is -2.11. The van der Waals surface area contributed by atoms with Crippen LogP contribution < -0.4 is 5.73 Å². The second kappa shape index (κ2) is 5.26. The number of carbonyl (C=O) groups excluding carboxylic acids is 1. The van der Waals surface area contributed by atoms with Crippen molar-refractivity contribution < 1.29 is 4.79 Å². The van der Waals surface area contributed by atoms with Gasteiger partial charge >= 0.3 is 0 Å². The molecule has 1 aromatic heterocycles. The summed E-state index contributed by atoms with van der Waals surface area (Å²) < 4.78 is 2.12. The van der Waals surface area contributed by atoms with Crippen LogP contribution in [0.5, 0.6) is 0 Å². The number of para-hydroxylation sites is 1. The zero-order valence-electron chi connectivity index (χ0n) is 11.6. The molecule has 21 heavy (non-hydrogen) atoms. The predicted octanol–water partition coefficient (Wildman–Crippen LogP) is 3.75. The number of fused-ring (bicyclic) bond motifs is 1. The number of amides is 1. The predicted molar refractivity (Wildman–Crippen MR) is 85.7 cm³/mol. The molecule has 3 nitrogen and oxygen atoms in total. The first-order valence-corrected chi connectivity index (χ1v) is 7.07. The maximum Gasteiger partial charge on any atom is 0.248 e. The van der Waals surface area contributed by atoms with Crippen LogP contribution in [0.25, 0.3) is 10.9 Å². The summed E-state index contributed by atoms with van der Waals surface area (Å²) in [4.78, 5) is 11.2. The van der Waals surface area contributed by atoms with Crippen LogP contribution in [0.3, 0.4) is 0 Å². The van der Waals surface area contributed by atoms with E-state index < -0.39 is 5.91 Å². The van der Waals surface area contributed by atoms with E-state index in [2.05, 4.69) is 4.57 Å².